The predicted molar refractivity (Wildman–Crippen MR) is 221 cm³/mol. The molecule has 0 amide bonds. The van der Waals surface area contributed by atoms with Gasteiger partial charge in [-0.2, -0.15) is 0 Å². The molecule has 2 aliphatic heterocycles. The lowest BCUT2D eigenvalue weighted by molar-refractivity contribution is -0.385. The van der Waals surface area contributed by atoms with Gasteiger partial charge in [0.1, 0.15) is 11.5 Å². The van der Waals surface area contributed by atoms with Crippen LogP contribution >= 0.6 is 0 Å². The lowest BCUT2D eigenvalue weighted by Gasteiger charge is -2.35. The fourth-order valence-corrected chi connectivity index (χ4v) is 7.06. The number of carbonyl (C=O) groups excluding carboxylic acids is 1. The number of ether oxygens (including phenoxy) is 2. The van der Waals surface area contributed by atoms with Crippen molar-refractivity contribution in [3.8, 4) is 11.5 Å². The van der Waals surface area contributed by atoms with Crippen molar-refractivity contribution in [2.45, 2.75) is 89.6 Å². The highest BCUT2D eigenvalue weighted by Gasteiger charge is 2.54. The zero-order chi connectivity index (χ0) is 42.0. The number of rotatable bonds is 14. The van der Waals surface area contributed by atoms with Gasteiger partial charge in [0.05, 0.1) is 32.3 Å². The minimum absolute atomic E-state index is 0.0480. The maximum absolute atomic E-state index is 13.3. The van der Waals surface area contributed by atoms with Crippen molar-refractivity contribution in [1.29, 1.82) is 0 Å². The first-order valence-corrected chi connectivity index (χ1v) is 18.9. The molecule has 300 valence electrons. The van der Waals surface area contributed by atoms with E-state index < -0.39 is 52.6 Å². The smallest absolute Gasteiger partial charge is 0.399 e. The Balaban J connectivity index is 1.18. The van der Waals surface area contributed by atoms with Crippen LogP contribution in [0.5, 0.6) is 11.5 Å². The molecule has 2 saturated heterocycles. The van der Waals surface area contributed by atoms with Crippen LogP contribution in [0.2, 0.25) is 0 Å². The first-order chi connectivity index (χ1) is 27.4. The molecule has 58 heavy (non-hydrogen) atoms. The van der Waals surface area contributed by atoms with Gasteiger partial charge in [-0.3, -0.25) is 20.2 Å². The molecule has 0 radical (unpaired) electrons. The number of non-ortho nitro benzene ring substituents is 2. The standard InChI is InChI=1S/C43H46B2N2O11/c1-9-23-42(7)40(3,4)55-44(57-42)33-15-11-29(12-16-33)25-31-27-35(46(49)50)19-21-37(31)53-39(48)54-38-22-20-36(47(51)52)28-32(38)26-30-13-17-34(18-14-30)45-56-41(5,6)43(8,58-45)24-10-2/h9-22,27-28H,1-2,23-26H2,3-8H3. The maximum Gasteiger partial charge on any atom is 0.519 e. The molecule has 0 spiro atoms. The van der Waals surface area contributed by atoms with Crippen LogP contribution in [0, 0.1) is 20.2 Å². The predicted octanol–water partition coefficient (Wildman–Crippen LogP) is 7.97. The third kappa shape index (κ3) is 8.77. The molecule has 15 heteroatoms. The first kappa shape index (κ1) is 42.0. The Morgan fingerprint density at radius 1 is 0.621 bits per heavy atom. The molecule has 2 aliphatic rings. The molecule has 4 aromatic carbocycles. The Bertz CT molecular complexity index is 2070. The van der Waals surface area contributed by atoms with Crippen molar-refractivity contribution in [3.63, 3.8) is 0 Å². The Morgan fingerprint density at radius 2 is 0.983 bits per heavy atom. The Kier molecular flexibility index (Phi) is 11.8. The summed E-state index contributed by atoms with van der Waals surface area (Å²) >= 11 is 0. The van der Waals surface area contributed by atoms with Gasteiger partial charge < -0.3 is 28.1 Å². The Morgan fingerprint density at radius 3 is 1.31 bits per heavy atom. The summed E-state index contributed by atoms with van der Waals surface area (Å²) in [5.74, 6) is 0.0960. The quantitative estimate of drug-likeness (QED) is 0.0305. The van der Waals surface area contributed by atoms with Crippen molar-refractivity contribution in [2.75, 3.05) is 0 Å². The van der Waals surface area contributed by atoms with Crippen LogP contribution in [0.4, 0.5) is 16.2 Å². The number of benzene rings is 4. The van der Waals surface area contributed by atoms with E-state index in [0.29, 0.717) is 24.0 Å². The summed E-state index contributed by atoms with van der Waals surface area (Å²) in [5.41, 5.74) is 1.21. The van der Waals surface area contributed by atoms with E-state index in [1.807, 2.05) is 90.1 Å². The van der Waals surface area contributed by atoms with E-state index in [-0.39, 0.29) is 35.7 Å². The maximum atomic E-state index is 13.3. The molecule has 0 N–H and O–H groups in total. The molecule has 0 saturated carbocycles. The van der Waals surface area contributed by atoms with Gasteiger partial charge in [-0.25, -0.2) is 4.79 Å². The van der Waals surface area contributed by atoms with Crippen LogP contribution < -0.4 is 20.4 Å². The Labute approximate surface area is 338 Å². The van der Waals surface area contributed by atoms with Crippen LogP contribution in [0.25, 0.3) is 0 Å². The van der Waals surface area contributed by atoms with Gasteiger partial charge in [-0.05, 0) is 88.6 Å². The van der Waals surface area contributed by atoms with Gasteiger partial charge in [0.2, 0.25) is 0 Å². The number of hydrogen-bond donors (Lipinski definition) is 0. The van der Waals surface area contributed by atoms with Crippen LogP contribution in [-0.2, 0) is 31.5 Å². The second-order valence-electron chi connectivity index (χ2n) is 16.0. The highest BCUT2D eigenvalue weighted by molar-refractivity contribution is 6.62. The summed E-state index contributed by atoms with van der Waals surface area (Å²) < 4.78 is 36.4. The summed E-state index contributed by atoms with van der Waals surface area (Å²) in [6.45, 7) is 19.6. The third-order valence-corrected chi connectivity index (χ3v) is 11.3. The van der Waals surface area contributed by atoms with Crippen LogP contribution in [0.3, 0.4) is 0 Å². The molecule has 0 aromatic heterocycles. The molecule has 2 heterocycles. The molecule has 4 aromatic rings. The van der Waals surface area contributed by atoms with E-state index in [0.717, 1.165) is 22.1 Å². The van der Waals surface area contributed by atoms with Crippen molar-refractivity contribution < 1.29 is 42.7 Å². The number of nitrogens with zero attached hydrogens (tertiary/aromatic N) is 2. The topological polar surface area (TPSA) is 159 Å². The number of carbonyl (C=O) groups is 1. The molecule has 2 fully saturated rings. The van der Waals surface area contributed by atoms with E-state index in [1.54, 1.807) is 12.2 Å². The molecule has 2 atom stereocenters. The zero-order valence-electron chi connectivity index (χ0n) is 33.5. The molecule has 0 bridgehead atoms. The van der Waals surface area contributed by atoms with E-state index in [9.17, 15) is 25.0 Å². The van der Waals surface area contributed by atoms with Crippen molar-refractivity contribution >= 4 is 42.7 Å². The zero-order valence-corrected chi connectivity index (χ0v) is 33.5. The molecule has 2 unspecified atom stereocenters. The number of nitro groups is 2. The summed E-state index contributed by atoms with van der Waals surface area (Å²) in [6, 6.07) is 22.7. The second kappa shape index (κ2) is 16.3. The summed E-state index contributed by atoms with van der Waals surface area (Å²) in [7, 11) is -1.20. The van der Waals surface area contributed by atoms with Gasteiger partial charge >= 0.3 is 20.4 Å². The summed E-state index contributed by atoms with van der Waals surface area (Å²) in [6.07, 6.45) is 4.05. The SMILES string of the molecule is C=CCC1(C)OB(c2ccc(Cc3cc([N+](=O)[O-])ccc3OC(=O)Oc3ccc([N+](=O)[O-])cc3Cc3ccc(B4OC(C)(C)C(C)(CC=C)O4)cc3)cc2)OC1(C)C. The molecule has 0 aliphatic carbocycles. The van der Waals surface area contributed by atoms with Gasteiger partial charge in [-0.15, -0.1) is 13.2 Å². The second-order valence-corrected chi connectivity index (χ2v) is 16.0. The van der Waals surface area contributed by atoms with E-state index in [1.165, 1.54) is 36.4 Å². The van der Waals surface area contributed by atoms with Crippen molar-refractivity contribution in [3.05, 3.63) is 153 Å². The van der Waals surface area contributed by atoms with E-state index in [2.05, 4.69) is 13.2 Å². The molecule has 6 rings (SSSR count). The van der Waals surface area contributed by atoms with Crippen LogP contribution in [-0.4, -0.2) is 52.6 Å². The minimum Gasteiger partial charge on any atom is -0.399 e. The van der Waals surface area contributed by atoms with E-state index >= 15 is 0 Å². The average Bonchev–Trinajstić information content (AvgIpc) is 3.55. The molecular formula is C43H46B2N2O11. The van der Waals surface area contributed by atoms with Crippen LogP contribution in [0.1, 0.15) is 76.6 Å². The normalized spacial score (nSPS) is 20.7. The lowest BCUT2D eigenvalue weighted by Crippen LogP contribution is -2.44. The first-order valence-electron chi connectivity index (χ1n) is 18.9. The fourth-order valence-electron chi connectivity index (χ4n) is 7.06. The largest absolute Gasteiger partial charge is 0.519 e. The number of hydrogen-bond acceptors (Lipinski definition) is 11. The molecule has 13 nitrogen and oxygen atoms in total. The lowest BCUT2D eigenvalue weighted by atomic mass is 9.78. The van der Waals surface area contributed by atoms with Gasteiger partial charge in [0.15, 0.2) is 0 Å². The van der Waals surface area contributed by atoms with Gasteiger partial charge in [-0.1, -0.05) is 60.7 Å². The third-order valence-electron chi connectivity index (χ3n) is 11.3. The number of nitro benzene ring substituents is 2. The highest BCUT2D eigenvalue weighted by Crippen LogP contribution is 2.41. The summed E-state index contributed by atoms with van der Waals surface area (Å²) in [5, 5.41) is 23.4. The fraction of sp³-hybridized carbons (Fsp3) is 0.326. The van der Waals surface area contributed by atoms with Crippen molar-refractivity contribution in [1.82, 2.24) is 0 Å². The van der Waals surface area contributed by atoms with Gasteiger partial charge in [0.25, 0.3) is 11.4 Å². The van der Waals surface area contributed by atoms with E-state index in [4.69, 9.17) is 28.1 Å². The van der Waals surface area contributed by atoms with Gasteiger partial charge in [0, 0.05) is 48.2 Å². The Hall–Kier alpha value is -5.60. The minimum atomic E-state index is -1.13. The monoisotopic (exact) mass is 788 g/mol. The van der Waals surface area contributed by atoms with Crippen LogP contribution in [0.15, 0.2) is 110 Å². The highest BCUT2D eigenvalue weighted by atomic mass is 16.7. The van der Waals surface area contributed by atoms with Crippen molar-refractivity contribution in [2.24, 2.45) is 0 Å². The summed E-state index contributed by atoms with van der Waals surface area (Å²) in [4.78, 5) is 35.7. The average molecular weight is 788 g/mol. The molecular weight excluding hydrogens is 742 g/mol.